The Bertz CT molecular complexity index is 1270. The molecular weight excluding hydrogens is 488 g/mol. The zero-order valence-corrected chi connectivity index (χ0v) is 21.2. The molecule has 2 aromatic carbocycles. The molecular formula is C25H24N2O6S2. The second-order valence-corrected chi connectivity index (χ2v) is 8.78. The summed E-state index contributed by atoms with van der Waals surface area (Å²) in [6.45, 7) is 3.86. The van der Waals surface area contributed by atoms with Crippen LogP contribution in [0.15, 0.2) is 48.5 Å². The van der Waals surface area contributed by atoms with Gasteiger partial charge in [-0.1, -0.05) is 30.3 Å². The highest BCUT2D eigenvalue weighted by Gasteiger charge is 2.25. The summed E-state index contributed by atoms with van der Waals surface area (Å²) < 4.78 is 14.9. The van der Waals surface area contributed by atoms with Crippen LogP contribution in [0.25, 0.3) is 11.1 Å². The normalized spacial score (nSPS) is 10.3. The zero-order chi connectivity index (χ0) is 25.5. The maximum absolute atomic E-state index is 12.9. The van der Waals surface area contributed by atoms with Gasteiger partial charge in [0.25, 0.3) is 0 Å². The molecule has 2 N–H and O–H groups in total. The Hall–Kier alpha value is -3.76. The molecule has 0 saturated carbocycles. The van der Waals surface area contributed by atoms with Crippen LogP contribution in [0.2, 0.25) is 0 Å². The fourth-order valence-electron chi connectivity index (χ4n) is 3.42. The maximum Gasteiger partial charge on any atom is 0.341 e. The number of methoxy groups -OCH3 is 2. The number of benzene rings is 2. The molecule has 0 aliphatic carbocycles. The van der Waals surface area contributed by atoms with Crippen LogP contribution < -0.4 is 10.6 Å². The Morgan fingerprint density at radius 3 is 2.26 bits per heavy atom. The lowest BCUT2D eigenvalue weighted by molar-refractivity contribution is 0.0527. The highest BCUT2D eigenvalue weighted by molar-refractivity contribution is 7.80. The molecule has 3 aromatic rings. The maximum atomic E-state index is 12.9. The Kier molecular flexibility index (Phi) is 8.56. The second-order valence-electron chi connectivity index (χ2n) is 7.15. The van der Waals surface area contributed by atoms with Gasteiger partial charge in [-0.15, -0.1) is 11.3 Å². The number of ether oxygens (including phenoxy) is 3. The summed E-state index contributed by atoms with van der Waals surface area (Å²) in [6.07, 6.45) is 0. The summed E-state index contributed by atoms with van der Waals surface area (Å²) >= 11 is 6.83. The Morgan fingerprint density at radius 1 is 0.943 bits per heavy atom. The minimum Gasteiger partial charge on any atom is -0.465 e. The van der Waals surface area contributed by atoms with Gasteiger partial charge in [0.05, 0.1) is 37.6 Å². The van der Waals surface area contributed by atoms with Gasteiger partial charge in [0, 0.05) is 10.4 Å². The van der Waals surface area contributed by atoms with Crippen molar-refractivity contribution in [3.63, 3.8) is 0 Å². The van der Waals surface area contributed by atoms with Crippen molar-refractivity contribution in [3.05, 3.63) is 70.1 Å². The van der Waals surface area contributed by atoms with Gasteiger partial charge in [-0.25, -0.2) is 14.4 Å². The summed E-state index contributed by atoms with van der Waals surface area (Å²) in [5, 5.41) is 6.56. The first-order chi connectivity index (χ1) is 16.8. The molecule has 0 saturated heterocycles. The minimum absolute atomic E-state index is 0.101. The van der Waals surface area contributed by atoms with E-state index in [1.807, 2.05) is 37.3 Å². The fraction of sp³-hybridized carbons (Fsp3) is 0.200. The van der Waals surface area contributed by atoms with E-state index in [2.05, 4.69) is 10.6 Å². The van der Waals surface area contributed by atoms with Crippen LogP contribution >= 0.6 is 23.6 Å². The third kappa shape index (κ3) is 5.84. The molecule has 0 radical (unpaired) electrons. The molecule has 0 amide bonds. The Labute approximate surface area is 212 Å². The van der Waals surface area contributed by atoms with Crippen LogP contribution in [-0.2, 0) is 14.2 Å². The first-order valence-electron chi connectivity index (χ1n) is 10.5. The number of thiocarbonyl (C=S) groups is 1. The van der Waals surface area contributed by atoms with Gasteiger partial charge in [-0.05, 0) is 49.8 Å². The smallest absolute Gasteiger partial charge is 0.341 e. The van der Waals surface area contributed by atoms with Crippen LogP contribution in [-0.4, -0.2) is 43.8 Å². The van der Waals surface area contributed by atoms with Gasteiger partial charge < -0.3 is 24.8 Å². The van der Waals surface area contributed by atoms with E-state index < -0.39 is 17.9 Å². The van der Waals surface area contributed by atoms with E-state index in [-0.39, 0.29) is 28.5 Å². The van der Waals surface area contributed by atoms with E-state index in [0.717, 1.165) is 16.0 Å². The molecule has 1 heterocycles. The first kappa shape index (κ1) is 25.9. The van der Waals surface area contributed by atoms with Crippen molar-refractivity contribution in [1.29, 1.82) is 0 Å². The molecule has 0 bridgehead atoms. The van der Waals surface area contributed by atoms with E-state index in [1.54, 1.807) is 6.92 Å². The summed E-state index contributed by atoms with van der Waals surface area (Å²) in [5.74, 6) is -1.67. The quantitative estimate of drug-likeness (QED) is 0.248. The molecule has 0 aliphatic heterocycles. The van der Waals surface area contributed by atoms with Crippen molar-refractivity contribution in [1.82, 2.24) is 0 Å². The molecule has 0 unspecified atom stereocenters. The van der Waals surface area contributed by atoms with Gasteiger partial charge in [-0.3, -0.25) is 0 Å². The predicted octanol–water partition coefficient (Wildman–Crippen LogP) is 5.28. The Morgan fingerprint density at radius 2 is 1.63 bits per heavy atom. The number of hydrogen-bond acceptors (Lipinski definition) is 8. The lowest BCUT2D eigenvalue weighted by Crippen LogP contribution is -2.22. The molecule has 0 atom stereocenters. The van der Waals surface area contributed by atoms with Crippen LogP contribution in [0, 0.1) is 6.92 Å². The number of carbonyl (C=O) groups excluding carboxylic acids is 3. The van der Waals surface area contributed by atoms with Crippen LogP contribution in [0.3, 0.4) is 0 Å². The highest BCUT2D eigenvalue weighted by atomic mass is 32.1. The molecule has 3 rings (SSSR count). The fourth-order valence-corrected chi connectivity index (χ4v) is 4.77. The number of esters is 3. The van der Waals surface area contributed by atoms with Crippen LogP contribution in [0.1, 0.15) is 42.9 Å². The van der Waals surface area contributed by atoms with E-state index >= 15 is 0 Å². The van der Waals surface area contributed by atoms with Crippen molar-refractivity contribution >= 4 is 57.3 Å². The summed E-state index contributed by atoms with van der Waals surface area (Å²) in [4.78, 5) is 38.0. The third-order valence-corrected chi connectivity index (χ3v) is 6.17. The van der Waals surface area contributed by atoms with Crippen molar-refractivity contribution in [2.75, 3.05) is 31.5 Å². The highest BCUT2D eigenvalue weighted by Crippen LogP contribution is 2.40. The van der Waals surface area contributed by atoms with E-state index in [4.69, 9.17) is 26.4 Å². The van der Waals surface area contributed by atoms with E-state index in [1.165, 1.54) is 43.8 Å². The van der Waals surface area contributed by atoms with Gasteiger partial charge >= 0.3 is 17.9 Å². The largest absolute Gasteiger partial charge is 0.465 e. The molecule has 8 nitrogen and oxygen atoms in total. The average Bonchev–Trinajstić information content (AvgIpc) is 3.18. The lowest BCUT2D eigenvalue weighted by Gasteiger charge is -2.14. The summed E-state index contributed by atoms with van der Waals surface area (Å²) in [5.41, 5.74) is 2.61. The predicted molar refractivity (Wildman–Crippen MR) is 139 cm³/mol. The monoisotopic (exact) mass is 512 g/mol. The average molecular weight is 513 g/mol. The van der Waals surface area contributed by atoms with E-state index in [0.29, 0.717) is 10.6 Å². The van der Waals surface area contributed by atoms with Crippen LogP contribution in [0.5, 0.6) is 0 Å². The van der Waals surface area contributed by atoms with Gasteiger partial charge in [0.2, 0.25) is 0 Å². The number of thiophene rings is 1. The third-order valence-electron chi connectivity index (χ3n) is 4.95. The molecule has 1 aromatic heterocycles. The number of hydrogen-bond donors (Lipinski definition) is 2. The van der Waals surface area contributed by atoms with Gasteiger partial charge in [0.1, 0.15) is 10.6 Å². The van der Waals surface area contributed by atoms with Crippen molar-refractivity contribution in [2.45, 2.75) is 13.8 Å². The number of rotatable bonds is 7. The molecule has 0 aliphatic rings. The Balaban J connectivity index is 1.98. The van der Waals surface area contributed by atoms with Crippen molar-refractivity contribution < 1.29 is 28.6 Å². The van der Waals surface area contributed by atoms with Gasteiger partial charge in [0.15, 0.2) is 5.11 Å². The number of carbonyl (C=O) groups is 3. The minimum atomic E-state index is -0.614. The van der Waals surface area contributed by atoms with Crippen LogP contribution in [0.4, 0.5) is 10.7 Å². The van der Waals surface area contributed by atoms with Crippen molar-refractivity contribution in [2.24, 2.45) is 0 Å². The first-order valence-corrected chi connectivity index (χ1v) is 11.8. The number of nitrogens with one attached hydrogen (secondary N) is 2. The molecule has 35 heavy (non-hydrogen) atoms. The zero-order valence-electron chi connectivity index (χ0n) is 19.6. The van der Waals surface area contributed by atoms with Crippen molar-refractivity contribution in [3.8, 4) is 11.1 Å². The van der Waals surface area contributed by atoms with Gasteiger partial charge in [-0.2, -0.15) is 0 Å². The molecule has 10 heteroatoms. The number of anilines is 2. The standard InChI is InChI=1S/C25H24N2O6S2/c1-5-33-24(30)20-19(15-9-7-6-8-10-15)14(2)35-21(20)27-25(34)26-18-13-16(22(28)31-3)11-12-17(18)23(29)32-4/h6-13H,5H2,1-4H3,(H2,26,27,34). The van der Waals surface area contributed by atoms with E-state index in [9.17, 15) is 14.4 Å². The SMILES string of the molecule is CCOC(=O)c1c(NC(=S)Nc2cc(C(=O)OC)ccc2C(=O)OC)sc(C)c1-c1ccccc1. The lowest BCUT2D eigenvalue weighted by atomic mass is 10.0. The topological polar surface area (TPSA) is 103 Å². The second kappa shape index (κ2) is 11.6. The molecule has 0 fully saturated rings. The number of aryl methyl sites for hydroxylation is 1. The summed E-state index contributed by atoms with van der Waals surface area (Å²) in [6, 6.07) is 13.8. The summed E-state index contributed by atoms with van der Waals surface area (Å²) in [7, 11) is 2.51. The molecule has 0 spiro atoms. The molecule has 182 valence electrons.